The lowest BCUT2D eigenvalue weighted by atomic mass is 10.00. The fourth-order valence-corrected chi connectivity index (χ4v) is 4.10. The minimum Gasteiger partial charge on any atom is -0.487 e. The van der Waals surface area contributed by atoms with Crippen molar-refractivity contribution >= 4 is 28.4 Å². The van der Waals surface area contributed by atoms with Crippen LogP contribution in [0.15, 0.2) is 48.8 Å². The largest absolute Gasteiger partial charge is 0.487 e. The highest BCUT2D eigenvalue weighted by Crippen LogP contribution is 2.32. The van der Waals surface area contributed by atoms with Crippen molar-refractivity contribution < 1.29 is 23.4 Å². The van der Waals surface area contributed by atoms with Crippen molar-refractivity contribution in [2.45, 2.75) is 45.9 Å². The number of nitrogens with zero attached hydrogens (tertiary/aromatic N) is 3. The standard InChI is InChI=1S/C26H25ClF2N4O3/c1-14-8-22(33-12-17(29)11-30-33)18-6-5-7-23(24(18)31-14)36-13-20-19(9-16(28)10-21(20)27)15(2)32-25(34)26(3,4)35/h5-12,15,35H,13H2,1-4H3,(H,32,34). The number of rotatable bonds is 7. The molecule has 2 aromatic heterocycles. The molecule has 0 spiro atoms. The van der Waals surface area contributed by atoms with Crippen LogP contribution in [0.5, 0.6) is 5.75 Å². The van der Waals surface area contributed by atoms with Gasteiger partial charge in [0.25, 0.3) is 5.91 Å². The van der Waals surface area contributed by atoms with Crippen LogP contribution >= 0.6 is 11.6 Å². The second kappa shape index (κ2) is 9.83. The third-order valence-electron chi connectivity index (χ3n) is 5.64. The number of hydrogen-bond donors (Lipinski definition) is 2. The molecule has 0 fully saturated rings. The molecule has 2 N–H and O–H groups in total. The first-order valence-electron chi connectivity index (χ1n) is 11.2. The molecule has 1 atom stereocenters. The fraction of sp³-hybridized carbons (Fsp3) is 0.269. The summed E-state index contributed by atoms with van der Waals surface area (Å²) in [5.41, 5.74) is 1.12. The fourth-order valence-electron chi connectivity index (χ4n) is 3.83. The van der Waals surface area contributed by atoms with Crippen LogP contribution in [0.25, 0.3) is 16.6 Å². The summed E-state index contributed by atoms with van der Waals surface area (Å²) in [6, 6.07) is 8.91. The van der Waals surface area contributed by atoms with E-state index in [1.54, 1.807) is 25.1 Å². The molecule has 36 heavy (non-hydrogen) atoms. The highest BCUT2D eigenvalue weighted by Gasteiger charge is 2.27. The van der Waals surface area contributed by atoms with E-state index in [-0.39, 0.29) is 11.6 Å². The maximum Gasteiger partial charge on any atom is 0.251 e. The number of benzene rings is 2. The second-order valence-electron chi connectivity index (χ2n) is 9.04. The van der Waals surface area contributed by atoms with Gasteiger partial charge in [0.15, 0.2) is 5.82 Å². The number of hydrogen-bond acceptors (Lipinski definition) is 5. The Balaban J connectivity index is 1.69. The van der Waals surface area contributed by atoms with Gasteiger partial charge in [0.2, 0.25) is 0 Å². The minimum absolute atomic E-state index is 0.0440. The topological polar surface area (TPSA) is 89.3 Å². The Morgan fingerprint density at radius 3 is 2.67 bits per heavy atom. The van der Waals surface area contributed by atoms with Gasteiger partial charge >= 0.3 is 0 Å². The summed E-state index contributed by atoms with van der Waals surface area (Å²) in [5, 5.41) is 17.5. The molecular formula is C26H25ClF2N4O3. The number of amides is 1. The number of aliphatic hydroxyl groups is 1. The summed E-state index contributed by atoms with van der Waals surface area (Å²) in [5.74, 6) is -1.21. The molecule has 0 bridgehead atoms. The number of nitrogens with one attached hydrogen (secondary N) is 1. The minimum atomic E-state index is -1.61. The molecule has 188 valence electrons. The molecule has 4 aromatic rings. The van der Waals surface area contributed by atoms with E-state index in [1.165, 1.54) is 36.9 Å². The summed E-state index contributed by atoms with van der Waals surface area (Å²) in [4.78, 5) is 16.9. The van der Waals surface area contributed by atoms with Crippen LogP contribution in [0.3, 0.4) is 0 Å². The number of aryl methyl sites for hydroxylation is 1. The molecule has 10 heteroatoms. The van der Waals surface area contributed by atoms with E-state index in [0.717, 1.165) is 6.20 Å². The number of para-hydroxylation sites is 1. The van der Waals surface area contributed by atoms with Crippen molar-refractivity contribution in [1.29, 1.82) is 0 Å². The quantitative estimate of drug-likeness (QED) is 0.354. The van der Waals surface area contributed by atoms with Crippen LogP contribution in [0.4, 0.5) is 8.78 Å². The number of pyridine rings is 1. The summed E-state index contributed by atoms with van der Waals surface area (Å²) < 4.78 is 35.4. The summed E-state index contributed by atoms with van der Waals surface area (Å²) in [7, 11) is 0. The van der Waals surface area contributed by atoms with Gasteiger partial charge in [-0.15, -0.1) is 0 Å². The van der Waals surface area contributed by atoms with E-state index >= 15 is 0 Å². The summed E-state index contributed by atoms with van der Waals surface area (Å²) in [6.07, 6.45) is 2.40. The molecule has 0 saturated carbocycles. The summed E-state index contributed by atoms with van der Waals surface area (Å²) in [6.45, 7) is 6.15. The van der Waals surface area contributed by atoms with Crippen molar-refractivity contribution in [2.75, 3.05) is 0 Å². The van der Waals surface area contributed by atoms with Crippen molar-refractivity contribution in [3.05, 3.63) is 82.3 Å². The average Bonchev–Trinajstić information content (AvgIpc) is 3.23. The normalized spacial score (nSPS) is 12.6. The van der Waals surface area contributed by atoms with Crippen LogP contribution < -0.4 is 10.1 Å². The van der Waals surface area contributed by atoms with Crippen LogP contribution in [0, 0.1) is 18.6 Å². The predicted octanol–water partition coefficient (Wildman–Crippen LogP) is 5.19. The smallest absolute Gasteiger partial charge is 0.251 e. The molecule has 2 heterocycles. The Hall–Kier alpha value is -3.56. The van der Waals surface area contributed by atoms with Crippen LogP contribution in [0.1, 0.15) is 43.6 Å². The van der Waals surface area contributed by atoms with E-state index in [2.05, 4.69) is 15.4 Å². The van der Waals surface area contributed by atoms with Crippen molar-refractivity contribution in [3.63, 3.8) is 0 Å². The summed E-state index contributed by atoms with van der Waals surface area (Å²) >= 11 is 6.38. The molecule has 4 rings (SSSR count). The number of carbonyl (C=O) groups excluding carboxylic acids is 1. The Bertz CT molecular complexity index is 1450. The molecule has 0 aliphatic heterocycles. The number of fused-ring (bicyclic) bond motifs is 1. The van der Waals surface area contributed by atoms with E-state index in [9.17, 15) is 18.7 Å². The Morgan fingerprint density at radius 2 is 2.00 bits per heavy atom. The van der Waals surface area contributed by atoms with E-state index in [4.69, 9.17) is 16.3 Å². The van der Waals surface area contributed by atoms with Gasteiger partial charge in [-0.05, 0) is 57.5 Å². The molecule has 0 saturated heterocycles. The molecule has 0 aliphatic rings. The Kier molecular flexibility index (Phi) is 6.97. The van der Waals surface area contributed by atoms with Crippen LogP contribution in [-0.2, 0) is 11.4 Å². The molecule has 2 aromatic carbocycles. The first-order chi connectivity index (χ1) is 16.9. The van der Waals surface area contributed by atoms with E-state index in [1.807, 2.05) is 13.0 Å². The number of aromatic nitrogens is 3. The highest BCUT2D eigenvalue weighted by atomic mass is 35.5. The van der Waals surface area contributed by atoms with Gasteiger partial charge < -0.3 is 15.2 Å². The molecular weight excluding hydrogens is 490 g/mol. The number of ether oxygens (including phenoxy) is 1. The molecule has 1 unspecified atom stereocenters. The predicted molar refractivity (Wildman–Crippen MR) is 132 cm³/mol. The van der Waals surface area contributed by atoms with E-state index in [0.29, 0.717) is 39.2 Å². The van der Waals surface area contributed by atoms with Crippen LogP contribution in [0.2, 0.25) is 5.02 Å². The maximum absolute atomic E-state index is 14.2. The zero-order valence-electron chi connectivity index (χ0n) is 20.1. The molecule has 0 aliphatic carbocycles. The van der Waals surface area contributed by atoms with Gasteiger partial charge in [0.1, 0.15) is 29.3 Å². The Labute approximate surface area is 211 Å². The van der Waals surface area contributed by atoms with Gasteiger partial charge in [0, 0.05) is 16.6 Å². The lowest BCUT2D eigenvalue weighted by molar-refractivity contribution is -0.137. The third kappa shape index (κ3) is 5.32. The van der Waals surface area contributed by atoms with Gasteiger partial charge in [-0.3, -0.25) is 4.79 Å². The van der Waals surface area contributed by atoms with E-state index < -0.39 is 29.2 Å². The number of halogens is 3. The Morgan fingerprint density at radius 1 is 1.25 bits per heavy atom. The van der Waals surface area contributed by atoms with Crippen molar-refractivity contribution in [1.82, 2.24) is 20.1 Å². The van der Waals surface area contributed by atoms with Gasteiger partial charge in [-0.25, -0.2) is 18.4 Å². The molecule has 7 nitrogen and oxygen atoms in total. The highest BCUT2D eigenvalue weighted by molar-refractivity contribution is 6.31. The lowest BCUT2D eigenvalue weighted by Gasteiger charge is -2.23. The monoisotopic (exact) mass is 514 g/mol. The molecule has 0 radical (unpaired) electrons. The molecule has 1 amide bonds. The van der Waals surface area contributed by atoms with Gasteiger partial charge in [0.05, 0.1) is 29.1 Å². The maximum atomic E-state index is 14.2. The average molecular weight is 515 g/mol. The first kappa shape index (κ1) is 25.5. The first-order valence-corrected chi connectivity index (χ1v) is 11.6. The third-order valence-corrected chi connectivity index (χ3v) is 5.98. The van der Waals surface area contributed by atoms with Crippen LogP contribution in [-0.4, -0.2) is 31.4 Å². The zero-order valence-corrected chi connectivity index (χ0v) is 20.9. The van der Waals surface area contributed by atoms with Gasteiger partial charge in [-0.1, -0.05) is 23.7 Å². The second-order valence-corrected chi connectivity index (χ2v) is 9.44. The van der Waals surface area contributed by atoms with Crippen molar-refractivity contribution in [3.8, 4) is 11.4 Å². The van der Waals surface area contributed by atoms with Crippen molar-refractivity contribution in [2.24, 2.45) is 0 Å². The number of carbonyl (C=O) groups is 1. The lowest BCUT2D eigenvalue weighted by Crippen LogP contribution is -2.43. The zero-order chi connectivity index (χ0) is 26.2. The van der Waals surface area contributed by atoms with Gasteiger partial charge in [-0.2, -0.15) is 5.10 Å². The SMILES string of the molecule is Cc1cc(-n2cc(F)cn2)c2cccc(OCc3c(Cl)cc(F)cc3C(C)NC(=O)C(C)(C)O)c2n1.